The monoisotopic (exact) mass is 346 g/mol. The molecule has 0 aromatic carbocycles. The maximum atomic E-state index is 12.5. The van der Waals surface area contributed by atoms with Gasteiger partial charge in [0.25, 0.3) is 0 Å². The van der Waals surface area contributed by atoms with Crippen molar-refractivity contribution >= 4 is 16.0 Å². The van der Waals surface area contributed by atoms with Crippen molar-refractivity contribution in [2.75, 3.05) is 39.2 Å². The van der Waals surface area contributed by atoms with Crippen molar-refractivity contribution in [1.82, 2.24) is 9.62 Å². The van der Waals surface area contributed by atoms with Gasteiger partial charge in [0.05, 0.1) is 18.3 Å². The summed E-state index contributed by atoms with van der Waals surface area (Å²) in [5.41, 5.74) is -0.813. The van der Waals surface area contributed by atoms with E-state index in [1.54, 1.807) is 0 Å². The average molecular weight is 346 g/mol. The highest BCUT2D eigenvalue weighted by Gasteiger charge is 2.51. The summed E-state index contributed by atoms with van der Waals surface area (Å²) in [6.07, 6.45) is 4.06. The first-order valence-electron chi connectivity index (χ1n) is 8.35. The van der Waals surface area contributed by atoms with Crippen LogP contribution in [0.15, 0.2) is 0 Å². The van der Waals surface area contributed by atoms with Crippen molar-refractivity contribution in [1.29, 1.82) is 0 Å². The lowest BCUT2D eigenvalue weighted by molar-refractivity contribution is -0.156. The number of hydrogen-bond donors (Lipinski definition) is 1. The van der Waals surface area contributed by atoms with E-state index in [0.29, 0.717) is 32.0 Å². The van der Waals surface area contributed by atoms with Gasteiger partial charge in [-0.25, -0.2) is 8.42 Å². The molecule has 2 saturated heterocycles. The van der Waals surface area contributed by atoms with Gasteiger partial charge in [0, 0.05) is 38.4 Å². The quantitative estimate of drug-likeness (QED) is 0.687. The Morgan fingerprint density at radius 3 is 2.43 bits per heavy atom. The zero-order valence-corrected chi connectivity index (χ0v) is 14.4. The van der Waals surface area contributed by atoms with Gasteiger partial charge < -0.3 is 14.8 Å². The van der Waals surface area contributed by atoms with Gasteiger partial charge in [0.2, 0.25) is 10.0 Å². The highest BCUT2D eigenvalue weighted by Crippen LogP contribution is 2.43. The predicted octanol–water partition coefficient (Wildman–Crippen LogP) is 0.112. The van der Waals surface area contributed by atoms with Gasteiger partial charge in [0.15, 0.2) is 0 Å². The molecule has 2 aliphatic heterocycles. The van der Waals surface area contributed by atoms with Crippen LogP contribution in [-0.4, -0.2) is 69.9 Å². The number of hydrogen-bond acceptors (Lipinski definition) is 6. The molecular formula is C15H26N2O5S. The molecule has 0 amide bonds. The second kappa shape index (κ2) is 6.66. The Morgan fingerprint density at radius 2 is 1.91 bits per heavy atom. The van der Waals surface area contributed by atoms with Gasteiger partial charge in [-0.3, -0.25) is 4.79 Å². The minimum Gasteiger partial charge on any atom is -0.469 e. The number of nitrogens with zero attached hydrogens (tertiary/aromatic N) is 1. The van der Waals surface area contributed by atoms with Crippen LogP contribution in [0.1, 0.15) is 32.1 Å². The largest absolute Gasteiger partial charge is 0.469 e. The van der Waals surface area contributed by atoms with Crippen molar-refractivity contribution in [3.63, 3.8) is 0 Å². The first-order chi connectivity index (χ1) is 11.0. The minimum atomic E-state index is -3.40. The van der Waals surface area contributed by atoms with Crippen LogP contribution in [0.5, 0.6) is 0 Å². The number of sulfonamides is 1. The molecule has 0 aromatic heterocycles. The number of rotatable bonds is 6. The molecule has 8 heteroatoms. The Hall–Kier alpha value is -0.700. The molecule has 1 N–H and O–H groups in total. The maximum absolute atomic E-state index is 12.5. The maximum Gasteiger partial charge on any atom is 0.312 e. The third-order valence-electron chi connectivity index (χ3n) is 5.32. The lowest BCUT2D eigenvalue weighted by Crippen LogP contribution is -2.63. The van der Waals surface area contributed by atoms with Gasteiger partial charge in [-0.15, -0.1) is 0 Å². The van der Waals surface area contributed by atoms with Gasteiger partial charge in [-0.2, -0.15) is 4.31 Å². The molecule has 2 heterocycles. The van der Waals surface area contributed by atoms with E-state index in [2.05, 4.69) is 5.32 Å². The molecule has 7 nitrogen and oxygen atoms in total. The summed E-state index contributed by atoms with van der Waals surface area (Å²) in [6.45, 7) is 2.54. The molecule has 0 aromatic rings. The highest BCUT2D eigenvalue weighted by atomic mass is 32.2. The molecule has 0 radical (unpaired) electrons. The lowest BCUT2D eigenvalue weighted by atomic mass is 9.70. The second-order valence-corrected chi connectivity index (χ2v) is 8.92. The topological polar surface area (TPSA) is 84.9 Å². The summed E-state index contributed by atoms with van der Waals surface area (Å²) >= 11 is 0. The number of carbonyl (C=O) groups excluding carboxylic acids is 1. The Balaban J connectivity index is 1.50. The number of ether oxygens (including phenoxy) is 2. The Bertz CT molecular complexity index is 534. The summed E-state index contributed by atoms with van der Waals surface area (Å²) in [5.74, 6) is -0.499. The van der Waals surface area contributed by atoms with E-state index in [4.69, 9.17) is 9.47 Å². The van der Waals surface area contributed by atoms with Crippen LogP contribution in [0, 0.1) is 5.41 Å². The second-order valence-electron chi connectivity index (χ2n) is 6.95. The van der Waals surface area contributed by atoms with Crippen LogP contribution >= 0.6 is 0 Å². The van der Waals surface area contributed by atoms with Gasteiger partial charge in [-0.05, 0) is 25.7 Å². The number of methoxy groups -OCH3 is 1. The van der Waals surface area contributed by atoms with E-state index < -0.39 is 15.4 Å². The first-order valence-corrected chi connectivity index (χ1v) is 9.96. The van der Waals surface area contributed by atoms with Crippen LogP contribution in [0.3, 0.4) is 0 Å². The average Bonchev–Trinajstić information content (AvgIpc) is 2.46. The molecular weight excluding hydrogens is 320 g/mol. The van der Waals surface area contributed by atoms with Crippen LogP contribution < -0.4 is 5.32 Å². The summed E-state index contributed by atoms with van der Waals surface area (Å²) in [7, 11) is -2.08. The molecule has 132 valence electrons. The van der Waals surface area contributed by atoms with E-state index >= 15 is 0 Å². The number of nitrogens with one attached hydrogen (secondary N) is 1. The third kappa shape index (κ3) is 3.55. The fraction of sp³-hybridized carbons (Fsp3) is 0.933. The van der Waals surface area contributed by atoms with E-state index in [1.165, 1.54) is 11.4 Å². The van der Waals surface area contributed by atoms with E-state index in [9.17, 15) is 13.2 Å². The van der Waals surface area contributed by atoms with Crippen LogP contribution in [-0.2, 0) is 24.3 Å². The molecule has 3 fully saturated rings. The number of esters is 1. The standard InChI is InChI=1S/C15H26N2O5S/c1-21-14(18)15(5-2-6-15)11-23(19,20)17-9-13(10-17)16-12-3-7-22-8-4-12/h12-13,16H,2-11H2,1H3. The fourth-order valence-electron chi connectivity index (χ4n) is 3.64. The predicted molar refractivity (Wildman–Crippen MR) is 84.4 cm³/mol. The summed E-state index contributed by atoms with van der Waals surface area (Å²) < 4.78 is 36.7. The zero-order valence-electron chi connectivity index (χ0n) is 13.6. The van der Waals surface area contributed by atoms with Crippen LogP contribution in [0.25, 0.3) is 0 Å². The molecule has 23 heavy (non-hydrogen) atoms. The molecule has 0 atom stereocenters. The Labute approximate surface area is 137 Å². The molecule has 0 bridgehead atoms. The van der Waals surface area contributed by atoms with Crippen molar-refractivity contribution in [3.05, 3.63) is 0 Å². The number of carbonyl (C=O) groups is 1. The normalized spacial score (nSPS) is 26.3. The summed E-state index contributed by atoms with van der Waals surface area (Å²) in [4.78, 5) is 11.9. The molecule has 1 aliphatic carbocycles. The first kappa shape index (κ1) is 17.1. The molecule has 1 saturated carbocycles. The zero-order chi connectivity index (χ0) is 16.5. The third-order valence-corrected chi connectivity index (χ3v) is 7.32. The molecule has 3 aliphatic rings. The Morgan fingerprint density at radius 1 is 1.26 bits per heavy atom. The molecule has 0 spiro atoms. The molecule has 3 rings (SSSR count). The van der Waals surface area contributed by atoms with Crippen LogP contribution in [0.2, 0.25) is 0 Å². The van der Waals surface area contributed by atoms with E-state index in [1.807, 2.05) is 0 Å². The van der Waals surface area contributed by atoms with E-state index in [-0.39, 0.29) is 17.8 Å². The summed E-state index contributed by atoms with van der Waals surface area (Å²) in [5, 5.41) is 3.50. The smallest absolute Gasteiger partial charge is 0.312 e. The van der Waals surface area contributed by atoms with E-state index in [0.717, 1.165) is 32.5 Å². The van der Waals surface area contributed by atoms with Crippen molar-refractivity contribution < 1.29 is 22.7 Å². The highest BCUT2D eigenvalue weighted by molar-refractivity contribution is 7.89. The summed E-state index contributed by atoms with van der Waals surface area (Å²) in [6, 6.07) is 0.634. The Kier molecular flexibility index (Phi) is 4.96. The fourth-order valence-corrected chi connectivity index (χ4v) is 5.74. The van der Waals surface area contributed by atoms with Crippen molar-refractivity contribution in [2.45, 2.75) is 44.2 Å². The van der Waals surface area contributed by atoms with Gasteiger partial charge in [0.1, 0.15) is 0 Å². The lowest BCUT2D eigenvalue weighted by Gasteiger charge is -2.44. The minimum absolute atomic E-state index is 0.114. The van der Waals surface area contributed by atoms with Crippen LogP contribution in [0.4, 0.5) is 0 Å². The van der Waals surface area contributed by atoms with Crippen molar-refractivity contribution in [3.8, 4) is 0 Å². The van der Waals surface area contributed by atoms with Crippen molar-refractivity contribution in [2.24, 2.45) is 5.41 Å². The van der Waals surface area contributed by atoms with Gasteiger partial charge in [-0.1, -0.05) is 6.42 Å². The SMILES string of the molecule is COC(=O)C1(CS(=O)(=O)N2CC(NC3CCOCC3)C2)CCC1. The van der Waals surface area contributed by atoms with Gasteiger partial charge >= 0.3 is 5.97 Å². The molecule has 0 unspecified atom stereocenters.